The SMILES string of the molecule is CN(C(=N)N(C)c1ccccc1)c1ccccc1.CN=C(Nc1ccccc1)Nc1ccccc1. The molecule has 6 nitrogen and oxygen atoms in total. The van der Waals surface area contributed by atoms with Crippen molar-refractivity contribution in [3.05, 3.63) is 121 Å². The lowest BCUT2D eigenvalue weighted by molar-refractivity contribution is 1.12. The number of guanidine groups is 2. The molecular weight excluding hydrogens is 432 g/mol. The van der Waals surface area contributed by atoms with Crippen LogP contribution in [0.5, 0.6) is 0 Å². The topological polar surface area (TPSA) is 66.8 Å². The van der Waals surface area contributed by atoms with Crippen molar-refractivity contribution < 1.29 is 0 Å². The molecule has 0 radical (unpaired) electrons. The van der Waals surface area contributed by atoms with Gasteiger partial charge in [0.05, 0.1) is 0 Å². The highest BCUT2D eigenvalue weighted by Crippen LogP contribution is 2.17. The maximum atomic E-state index is 8.23. The zero-order valence-electron chi connectivity index (χ0n) is 20.4. The zero-order chi connectivity index (χ0) is 24.9. The Labute approximate surface area is 208 Å². The summed E-state index contributed by atoms with van der Waals surface area (Å²) in [7, 11) is 5.55. The number of para-hydroxylation sites is 4. The molecule has 0 saturated carbocycles. The van der Waals surface area contributed by atoms with Gasteiger partial charge in [-0.25, -0.2) is 0 Å². The van der Waals surface area contributed by atoms with Crippen molar-refractivity contribution in [2.24, 2.45) is 4.99 Å². The summed E-state index contributed by atoms with van der Waals surface area (Å²) in [5.74, 6) is 1.16. The number of rotatable bonds is 4. The van der Waals surface area contributed by atoms with Gasteiger partial charge in [0.1, 0.15) is 0 Å². The molecule has 178 valence electrons. The molecule has 0 aliphatic heterocycles. The monoisotopic (exact) mass is 464 g/mol. The number of benzene rings is 4. The van der Waals surface area contributed by atoms with E-state index in [-0.39, 0.29) is 0 Å². The van der Waals surface area contributed by atoms with Crippen LogP contribution in [0, 0.1) is 5.41 Å². The first-order chi connectivity index (χ1) is 17.1. The third-order valence-corrected chi connectivity index (χ3v) is 5.22. The summed E-state index contributed by atoms with van der Waals surface area (Å²) >= 11 is 0. The highest BCUT2D eigenvalue weighted by Gasteiger charge is 2.12. The molecule has 0 bridgehead atoms. The molecule has 0 saturated heterocycles. The fraction of sp³-hybridized carbons (Fsp3) is 0.103. The zero-order valence-corrected chi connectivity index (χ0v) is 20.4. The molecule has 4 rings (SSSR count). The third kappa shape index (κ3) is 7.75. The Morgan fingerprint density at radius 2 is 0.886 bits per heavy atom. The van der Waals surface area contributed by atoms with Crippen LogP contribution >= 0.6 is 0 Å². The summed E-state index contributed by atoms with van der Waals surface area (Å²) in [4.78, 5) is 7.88. The Kier molecular flexibility index (Phi) is 9.45. The summed E-state index contributed by atoms with van der Waals surface area (Å²) in [5.41, 5.74) is 4.03. The van der Waals surface area contributed by atoms with E-state index in [1.807, 2.05) is 145 Å². The van der Waals surface area contributed by atoms with Gasteiger partial charge in [0.25, 0.3) is 0 Å². The maximum absolute atomic E-state index is 8.23. The van der Waals surface area contributed by atoms with Crippen molar-refractivity contribution in [1.82, 2.24) is 0 Å². The number of nitrogens with one attached hydrogen (secondary N) is 3. The molecule has 3 N–H and O–H groups in total. The van der Waals surface area contributed by atoms with Gasteiger partial charge in [0.15, 0.2) is 5.96 Å². The van der Waals surface area contributed by atoms with Crippen molar-refractivity contribution in [1.29, 1.82) is 5.41 Å². The molecular formula is C29H32N6. The van der Waals surface area contributed by atoms with Crippen LogP contribution in [-0.4, -0.2) is 33.1 Å². The van der Waals surface area contributed by atoms with Crippen LogP contribution in [0.1, 0.15) is 0 Å². The molecule has 0 spiro atoms. The summed E-state index contributed by atoms with van der Waals surface area (Å²) in [6.45, 7) is 0. The van der Waals surface area contributed by atoms with Gasteiger partial charge in [0.2, 0.25) is 5.96 Å². The molecule has 0 unspecified atom stereocenters. The van der Waals surface area contributed by atoms with E-state index in [0.29, 0.717) is 5.96 Å². The number of anilines is 4. The molecule has 0 aliphatic rings. The Morgan fingerprint density at radius 3 is 1.20 bits per heavy atom. The second-order valence-electron chi connectivity index (χ2n) is 7.67. The minimum absolute atomic E-state index is 0.437. The van der Waals surface area contributed by atoms with Crippen molar-refractivity contribution in [3.63, 3.8) is 0 Å². The Bertz CT molecular complexity index is 1090. The smallest absolute Gasteiger partial charge is 0.202 e. The third-order valence-electron chi connectivity index (χ3n) is 5.22. The molecule has 0 aliphatic carbocycles. The molecule has 0 aromatic heterocycles. The molecule has 0 atom stereocenters. The van der Waals surface area contributed by atoms with Crippen molar-refractivity contribution >= 4 is 34.7 Å². The van der Waals surface area contributed by atoms with Crippen LogP contribution in [0.25, 0.3) is 0 Å². The lowest BCUT2D eigenvalue weighted by Gasteiger charge is -2.28. The van der Waals surface area contributed by atoms with E-state index in [1.54, 1.807) is 7.05 Å². The minimum Gasteiger partial charge on any atom is -0.326 e. The van der Waals surface area contributed by atoms with E-state index >= 15 is 0 Å². The van der Waals surface area contributed by atoms with E-state index in [9.17, 15) is 0 Å². The van der Waals surface area contributed by atoms with Crippen LogP contribution in [0.2, 0.25) is 0 Å². The Hall–Kier alpha value is -4.58. The number of hydrogen-bond donors (Lipinski definition) is 3. The van der Waals surface area contributed by atoms with Crippen LogP contribution in [-0.2, 0) is 0 Å². The average Bonchev–Trinajstić information content (AvgIpc) is 2.94. The minimum atomic E-state index is 0.437. The standard InChI is InChI=1S/C15H17N3.C14H15N3/c1-17(13-9-5-3-6-10-13)15(16)18(2)14-11-7-4-8-12-14;1-15-14(16-12-8-4-2-5-9-12)17-13-10-6-3-7-11-13/h3-12,16H,1-2H3;2-11H,1H3,(H2,15,16,17). The van der Waals surface area contributed by atoms with Gasteiger partial charge in [-0.1, -0.05) is 72.8 Å². The van der Waals surface area contributed by atoms with Gasteiger partial charge in [-0.3, -0.25) is 10.4 Å². The normalized spacial score (nSPS) is 9.69. The van der Waals surface area contributed by atoms with Crippen molar-refractivity contribution in [2.75, 3.05) is 41.6 Å². The second-order valence-corrected chi connectivity index (χ2v) is 7.67. The Balaban J connectivity index is 0.000000196. The lowest BCUT2D eigenvalue weighted by atomic mass is 10.3. The number of hydrogen-bond acceptors (Lipinski definition) is 2. The molecule has 4 aromatic rings. The molecule has 4 aromatic carbocycles. The quantitative estimate of drug-likeness (QED) is 0.242. The first-order valence-electron chi connectivity index (χ1n) is 11.4. The lowest BCUT2D eigenvalue weighted by Crippen LogP contribution is -2.39. The van der Waals surface area contributed by atoms with Crippen molar-refractivity contribution in [2.45, 2.75) is 0 Å². The van der Waals surface area contributed by atoms with Gasteiger partial charge in [0, 0.05) is 43.9 Å². The van der Waals surface area contributed by atoms with Gasteiger partial charge < -0.3 is 20.4 Å². The highest BCUT2D eigenvalue weighted by molar-refractivity contribution is 6.04. The van der Waals surface area contributed by atoms with E-state index in [4.69, 9.17) is 5.41 Å². The predicted molar refractivity (Wildman–Crippen MR) is 151 cm³/mol. The first kappa shape index (κ1) is 25.1. The van der Waals surface area contributed by atoms with Crippen LogP contribution in [0.3, 0.4) is 0 Å². The Morgan fingerprint density at radius 1 is 0.571 bits per heavy atom. The molecule has 0 heterocycles. The second kappa shape index (κ2) is 13.2. The van der Waals surface area contributed by atoms with Crippen LogP contribution in [0.15, 0.2) is 126 Å². The first-order valence-corrected chi connectivity index (χ1v) is 11.4. The molecule has 6 heteroatoms. The van der Waals surface area contributed by atoms with Crippen LogP contribution in [0.4, 0.5) is 22.7 Å². The number of aliphatic imine (C=N–C) groups is 1. The molecule has 35 heavy (non-hydrogen) atoms. The summed E-state index contributed by atoms with van der Waals surface area (Å²) in [6, 6.07) is 39.7. The van der Waals surface area contributed by atoms with E-state index in [2.05, 4.69) is 15.6 Å². The van der Waals surface area contributed by atoms with E-state index < -0.39 is 0 Å². The van der Waals surface area contributed by atoms with Crippen molar-refractivity contribution in [3.8, 4) is 0 Å². The number of nitrogens with zero attached hydrogens (tertiary/aromatic N) is 3. The maximum Gasteiger partial charge on any atom is 0.202 e. The van der Waals surface area contributed by atoms with Crippen LogP contribution < -0.4 is 20.4 Å². The average molecular weight is 465 g/mol. The van der Waals surface area contributed by atoms with Gasteiger partial charge in [-0.15, -0.1) is 0 Å². The fourth-order valence-corrected chi connectivity index (χ4v) is 3.23. The largest absolute Gasteiger partial charge is 0.326 e. The van der Waals surface area contributed by atoms with Gasteiger partial charge >= 0.3 is 0 Å². The predicted octanol–water partition coefficient (Wildman–Crippen LogP) is 6.39. The van der Waals surface area contributed by atoms with E-state index in [0.717, 1.165) is 28.7 Å². The van der Waals surface area contributed by atoms with E-state index in [1.165, 1.54) is 0 Å². The summed E-state index contributed by atoms with van der Waals surface area (Å²) in [6.07, 6.45) is 0. The fourth-order valence-electron chi connectivity index (χ4n) is 3.23. The molecule has 0 fully saturated rings. The van der Waals surface area contributed by atoms with Gasteiger partial charge in [-0.05, 0) is 48.5 Å². The summed E-state index contributed by atoms with van der Waals surface area (Å²) < 4.78 is 0. The highest BCUT2D eigenvalue weighted by atomic mass is 15.3. The van der Waals surface area contributed by atoms with Gasteiger partial charge in [-0.2, -0.15) is 0 Å². The molecule has 0 amide bonds. The summed E-state index contributed by atoms with van der Waals surface area (Å²) in [5, 5.41) is 14.7.